The number of rotatable bonds is 4. The van der Waals surface area contributed by atoms with Gasteiger partial charge in [-0.2, -0.15) is 0 Å². The molecule has 3 aromatic rings. The van der Waals surface area contributed by atoms with E-state index in [1.54, 1.807) is 30.4 Å². The summed E-state index contributed by atoms with van der Waals surface area (Å²) in [4.78, 5) is 17.8. The van der Waals surface area contributed by atoms with E-state index in [4.69, 9.17) is 4.84 Å². The fourth-order valence-electron chi connectivity index (χ4n) is 2.14. The summed E-state index contributed by atoms with van der Waals surface area (Å²) < 4.78 is 0. The molecule has 3 rings (SSSR count). The number of oxime groups is 1. The van der Waals surface area contributed by atoms with Crippen molar-refractivity contribution in [1.82, 2.24) is 0 Å². The molecule has 0 saturated heterocycles. The third-order valence-corrected chi connectivity index (χ3v) is 4.31. The van der Waals surface area contributed by atoms with Crippen LogP contribution in [0.3, 0.4) is 0 Å². The van der Waals surface area contributed by atoms with Crippen molar-refractivity contribution in [2.45, 2.75) is 6.92 Å². The van der Waals surface area contributed by atoms with Gasteiger partial charge in [0.15, 0.2) is 0 Å². The number of carbonyl (C=O) groups is 1. The molecule has 120 valence electrons. The van der Waals surface area contributed by atoms with Gasteiger partial charge in [-0.15, -0.1) is 11.3 Å². The maximum atomic E-state index is 11.7. The number of nitrogens with zero attached hydrogens (tertiary/aromatic N) is 1. The molecule has 24 heavy (non-hydrogen) atoms. The molecular formula is C19H16N2O2S. The smallest absolute Gasteiger partial charge is 0.298 e. The first-order chi connectivity index (χ1) is 11.7. The summed E-state index contributed by atoms with van der Waals surface area (Å²) in [7, 11) is 0. The summed E-state index contributed by atoms with van der Waals surface area (Å²) >= 11 is 1.70. The van der Waals surface area contributed by atoms with Gasteiger partial charge in [0.05, 0.1) is 5.71 Å². The SMILES string of the molecule is C/C(=N\OC(=O)Nc1ccccc1)c1ccc(-c2cccs2)cc1. The Morgan fingerprint density at radius 3 is 2.42 bits per heavy atom. The topological polar surface area (TPSA) is 50.7 Å². The number of anilines is 1. The number of para-hydroxylation sites is 1. The Morgan fingerprint density at radius 1 is 1.00 bits per heavy atom. The van der Waals surface area contributed by atoms with Gasteiger partial charge in [0.2, 0.25) is 0 Å². The molecular weight excluding hydrogens is 320 g/mol. The highest BCUT2D eigenvalue weighted by atomic mass is 32.1. The highest BCUT2D eigenvalue weighted by Crippen LogP contribution is 2.24. The zero-order valence-corrected chi connectivity index (χ0v) is 13.9. The number of hydrogen-bond donors (Lipinski definition) is 1. The van der Waals surface area contributed by atoms with Crippen LogP contribution in [0.5, 0.6) is 0 Å². The normalized spacial score (nSPS) is 11.1. The average Bonchev–Trinajstić information content (AvgIpc) is 3.15. The first-order valence-corrected chi connectivity index (χ1v) is 8.32. The van der Waals surface area contributed by atoms with Gasteiger partial charge < -0.3 is 0 Å². The standard InChI is InChI=1S/C19H16N2O2S/c1-14(21-23-19(22)20-17-6-3-2-4-7-17)15-9-11-16(12-10-15)18-8-5-13-24-18/h2-13H,1H3,(H,20,22)/b21-14+. The summed E-state index contributed by atoms with van der Waals surface area (Å²) in [5.41, 5.74) is 3.36. The number of amides is 1. The lowest BCUT2D eigenvalue weighted by molar-refractivity contribution is 0.166. The minimum atomic E-state index is -0.615. The monoisotopic (exact) mass is 336 g/mol. The molecule has 0 aliphatic rings. The summed E-state index contributed by atoms with van der Waals surface area (Å²) in [5.74, 6) is 0. The zero-order valence-electron chi connectivity index (χ0n) is 13.1. The van der Waals surface area contributed by atoms with Crippen molar-refractivity contribution in [3.8, 4) is 10.4 Å². The van der Waals surface area contributed by atoms with Crippen LogP contribution < -0.4 is 5.32 Å². The Hall–Kier alpha value is -2.92. The van der Waals surface area contributed by atoms with Crippen LogP contribution in [0.1, 0.15) is 12.5 Å². The Kier molecular flexibility index (Phi) is 5.03. The Morgan fingerprint density at radius 2 is 1.75 bits per heavy atom. The van der Waals surface area contributed by atoms with Crippen LogP contribution >= 0.6 is 11.3 Å². The third-order valence-electron chi connectivity index (χ3n) is 3.39. The number of nitrogens with one attached hydrogen (secondary N) is 1. The van der Waals surface area contributed by atoms with Gasteiger partial charge in [0.1, 0.15) is 0 Å². The van der Waals surface area contributed by atoms with Gasteiger partial charge in [-0.3, -0.25) is 10.2 Å². The molecule has 0 aliphatic heterocycles. The second-order valence-electron chi connectivity index (χ2n) is 5.10. The van der Waals surface area contributed by atoms with E-state index in [2.05, 4.69) is 21.9 Å². The Bertz CT molecular complexity index is 826. The minimum Gasteiger partial charge on any atom is -0.298 e. The molecule has 0 unspecified atom stereocenters. The summed E-state index contributed by atoms with van der Waals surface area (Å²) in [5, 5.41) is 8.55. The average molecular weight is 336 g/mol. The van der Waals surface area contributed by atoms with Crippen molar-refractivity contribution in [3.05, 3.63) is 77.7 Å². The summed E-state index contributed by atoms with van der Waals surface area (Å²) in [6.07, 6.45) is -0.615. The van der Waals surface area contributed by atoms with Crippen molar-refractivity contribution in [1.29, 1.82) is 0 Å². The molecule has 2 aromatic carbocycles. The molecule has 0 atom stereocenters. The third kappa shape index (κ3) is 4.08. The molecule has 1 N–H and O–H groups in total. The van der Waals surface area contributed by atoms with Crippen LogP contribution in [0.25, 0.3) is 10.4 Å². The van der Waals surface area contributed by atoms with E-state index in [-0.39, 0.29) is 0 Å². The highest BCUT2D eigenvalue weighted by Gasteiger charge is 2.05. The van der Waals surface area contributed by atoms with Crippen LogP contribution in [0.4, 0.5) is 10.5 Å². The van der Waals surface area contributed by atoms with Crippen molar-refractivity contribution < 1.29 is 9.63 Å². The fraction of sp³-hybridized carbons (Fsp3) is 0.0526. The Balaban J connectivity index is 1.62. The largest absolute Gasteiger partial charge is 0.437 e. The predicted molar refractivity (Wildman–Crippen MR) is 98.5 cm³/mol. The molecule has 0 bridgehead atoms. The molecule has 0 aliphatic carbocycles. The predicted octanol–water partition coefficient (Wildman–Crippen LogP) is 5.39. The van der Waals surface area contributed by atoms with Crippen LogP contribution in [0, 0.1) is 0 Å². The molecule has 1 heterocycles. The maximum absolute atomic E-state index is 11.7. The first kappa shape index (κ1) is 16.0. The lowest BCUT2D eigenvalue weighted by Crippen LogP contribution is -2.11. The molecule has 0 fully saturated rings. The lowest BCUT2D eigenvalue weighted by Gasteiger charge is -2.04. The molecule has 1 amide bonds. The van der Waals surface area contributed by atoms with Crippen LogP contribution in [-0.2, 0) is 4.84 Å². The number of hydrogen-bond acceptors (Lipinski definition) is 4. The number of benzene rings is 2. The second kappa shape index (κ2) is 7.57. The first-order valence-electron chi connectivity index (χ1n) is 7.44. The van der Waals surface area contributed by atoms with Crippen LogP contribution in [0.2, 0.25) is 0 Å². The van der Waals surface area contributed by atoms with Crippen LogP contribution in [-0.4, -0.2) is 11.8 Å². The van der Waals surface area contributed by atoms with E-state index in [0.29, 0.717) is 11.4 Å². The van der Waals surface area contributed by atoms with E-state index in [1.807, 2.05) is 48.5 Å². The molecule has 1 aromatic heterocycles. The number of thiophene rings is 1. The highest BCUT2D eigenvalue weighted by molar-refractivity contribution is 7.13. The van der Waals surface area contributed by atoms with E-state index >= 15 is 0 Å². The minimum absolute atomic E-state index is 0.615. The van der Waals surface area contributed by atoms with E-state index in [9.17, 15) is 4.79 Å². The van der Waals surface area contributed by atoms with E-state index < -0.39 is 6.09 Å². The van der Waals surface area contributed by atoms with E-state index in [0.717, 1.165) is 11.1 Å². The van der Waals surface area contributed by atoms with Gasteiger partial charge in [-0.1, -0.05) is 53.7 Å². The van der Waals surface area contributed by atoms with Gasteiger partial charge in [0, 0.05) is 10.6 Å². The van der Waals surface area contributed by atoms with Gasteiger partial charge in [-0.05, 0) is 41.6 Å². The van der Waals surface area contributed by atoms with Gasteiger partial charge in [-0.25, -0.2) is 4.79 Å². The summed E-state index contributed by atoms with van der Waals surface area (Å²) in [6.45, 7) is 1.80. The molecule has 4 nitrogen and oxygen atoms in total. The fourth-order valence-corrected chi connectivity index (χ4v) is 2.88. The molecule has 0 radical (unpaired) electrons. The van der Waals surface area contributed by atoms with Crippen LogP contribution in [0.15, 0.2) is 77.3 Å². The molecule has 0 spiro atoms. The summed E-state index contributed by atoms with van der Waals surface area (Å²) in [6, 6.07) is 21.2. The molecule has 5 heteroatoms. The van der Waals surface area contributed by atoms with E-state index in [1.165, 1.54) is 4.88 Å². The van der Waals surface area contributed by atoms with Crippen molar-refractivity contribution in [2.24, 2.45) is 5.16 Å². The quantitative estimate of drug-likeness (QED) is 0.394. The van der Waals surface area contributed by atoms with Gasteiger partial charge >= 0.3 is 6.09 Å². The van der Waals surface area contributed by atoms with Crippen molar-refractivity contribution in [3.63, 3.8) is 0 Å². The van der Waals surface area contributed by atoms with Crippen molar-refractivity contribution in [2.75, 3.05) is 5.32 Å². The zero-order chi connectivity index (χ0) is 16.8. The maximum Gasteiger partial charge on any atom is 0.437 e. The van der Waals surface area contributed by atoms with Gasteiger partial charge in [0.25, 0.3) is 0 Å². The number of carbonyl (C=O) groups excluding carboxylic acids is 1. The lowest BCUT2D eigenvalue weighted by atomic mass is 10.1. The molecule has 0 saturated carbocycles. The van der Waals surface area contributed by atoms with Crippen molar-refractivity contribution >= 4 is 28.8 Å². The second-order valence-corrected chi connectivity index (χ2v) is 6.05. The Labute approximate surface area is 144 Å².